The average Bonchev–Trinajstić information content (AvgIpc) is 2.49. The number of aryl methyl sites for hydroxylation is 2. The van der Waals surface area contributed by atoms with Gasteiger partial charge in [0.25, 0.3) is 0 Å². The molecule has 0 heterocycles. The van der Waals surface area contributed by atoms with Crippen molar-refractivity contribution in [3.8, 4) is 0 Å². The number of rotatable bonds is 2. The van der Waals surface area contributed by atoms with Crippen molar-refractivity contribution in [2.75, 3.05) is 0 Å². The molecule has 0 saturated carbocycles. The molecule has 0 spiro atoms. The third-order valence-corrected chi connectivity index (χ3v) is 2.72. The van der Waals surface area contributed by atoms with Gasteiger partial charge in [-0.25, -0.2) is 0 Å². The van der Waals surface area contributed by atoms with Gasteiger partial charge in [0.1, 0.15) is 0 Å². The second-order valence-corrected chi connectivity index (χ2v) is 4.14. The fourth-order valence-corrected chi connectivity index (χ4v) is 2.12. The quantitative estimate of drug-likeness (QED) is 0.800. The molecule has 1 nitrogen and oxygen atoms in total. The molecule has 0 aromatic heterocycles. The summed E-state index contributed by atoms with van der Waals surface area (Å²) < 4.78 is 0. The highest BCUT2D eigenvalue weighted by Gasteiger charge is 2.10. The van der Waals surface area contributed by atoms with Gasteiger partial charge in [-0.2, -0.15) is 0 Å². The molecule has 78 valence electrons. The third kappa shape index (κ3) is 2.49. The van der Waals surface area contributed by atoms with Crippen LogP contribution in [-0.2, 0) is 19.3 Å². The Labute approximate surface area is 92.1 Å². The van der Waals surface area contributed by atoms with Crippen LogP contribution in [0.4, 0.5) is 0 Å². The Morgan fingerprint density at radius 1 is 1.29 bits per heavy atom. The van der Waals surface area contributed by atoms with Crippen LogP contribution >= 0.6 is 12.4 Å². The van der Waals surface area contributed by atoms with Gasteiger partial charge in [0.05, 0.1) is 0 Å². The maximum absolute atomic E-state index is 5.77. The Morgan fingerprint density at radius 3 is 2.71 bits per heavy atom. The average molecular weight is 212 g/mol. The van der Waals surface area contributed by atoms with Gasteiger partial charge >= 0.3 is 0 Å². The van der Waals surface area contributed by atoms with E-state index in [1.54, 1.807) is 11.1 Å². The van der Waals surface area contributed by atoms with E-state index in [4.69, 9.17) is 5.73 Å². The molecule has 1 aliphatic rings. The summed E-state index contributed by atoms with van der Waals surface area (Å²) in [6.45, 7) is 2.06. The van der Waals surface area contributed by atoms with Crippen LogP contribution in [0.3, 0.4) is 0 Å². The normalized spacial score (nSPS) is 15.9. The van der Waals surface area contributed by atoms with Crippen molar-refractivity contribution in [3.63, 3.8) is 0 Å². The minimum absolute atomic E-state index is 0. The number of benzene rings is 1. The van der Waals surface area contributed by atoms with E-state index < -0.39 is 0 Å². The van der Waals surface area contributed by atoms with Crippen LogP contribution in [0, 0.1) is 0 Å². The van der Waals surface area contributed by atoms with Gasteiger partial charge < -0.3 is 5.73 Å². The first-order valence-corrected chi connectivity index (χ1v) is 5.12. The summed E-state index contributed by atoms with van der Waals surface area (Å²) in [4.78, 5) is 0. The smallest absolute Gasteiger partial charge is 0.00509 e. The lowest BCUT2D eigenvalue weighted by molar-refractivity contribution is 0.737. The predicted molar refractivity (Wildman–Crippen MR) is 63.1 cm³/mol. The molecule has 1 atom stereocenters. The first-order valence-electron chi connectivity index (χ1n) is 5.12. The van der Waals surface area contributed by atoms with E-state index in [2.05, 4.69) is 25.1 Å². The SMILES string of the molecule is C[C@@H](N)Cc1ccc2c(c1)CCC2.Cl. The monoisotopic (exact) mass is 211 g/mol. The highest BCUT2D eigenvalue weighted by molar-refractivity contribution is 5.85. The highest BCUT2D eigenvalue weighted by atomic mass is 35.5. The van der Waals surface area contributed by atoms with Crippen LogP contribution in [0.1, 0.15) is 30.0 Å². The standard InChI is InChI=1S/C12H17N.ClH/c1-9(13)7-10-5-6-11-3-2-4-12(11)8-10;/h5-6,8-9H,2-4,7,13H2,1H3;1H/t9-;/m1./s1. The molecule has 2 N–H and O–H groups in total. The molecular formula is C12H18ClN. The molecule has 2 rings (SSSR count). The Hall–Kier alpha value is -0.530. The van der Waals surface area contributed by atoms with Crippen LogP contribution < -0.4 is 5.73 Å². The van der Waals surface area contributed by atoms with E-state index >= 15 is 0 Å². The summed E-state index contributed by atoms with van der Waals surface area (Å²) in [5.41, 5.74) is 10.3. The number of halogens is 1. The largest absolute Gasteiger partial charge is 0.328 e. The zero-order valence-corrected chi connectivity index (χ0v) is 9.44. The molecular weight excluding hydrogens is 194 g/mol. The maximum Gasteiger partial charge on any atom is 0.00509 e. The molecule has 2 heteroatoms. The van der Waals surface area contributed by atoms with Crippen molar-refractivity contribution in [2.24, 2.45) is 5.73 Å². The molecule has 1 aromatic carbocycles. The van der Waals surface area contributed by atoms with Crippen LogP contribution in [0.5, 0.6) is 0 Å². The maximum atomic E-state index is 5.77. The van der Waals surface area contributed by atoms with Gasteiger partial charge in [0.15, 0.2) is 0 Å². The Balaban J connectivity index is 0.000000980. The van der Waals surface area contributed by atoms with Crippen molar-refractivity contribution in [1.82, 2.24) is 0 Å². The van der Waals surface area contributed by atoms with E-state index in [-0.39, 0.29) is 18.4 Å². The lowest BCUT2D eigenvalue weighted by Crippen LogP contribution is -2.17. The third-order valence-electron chi connectivity index (χ3n) is 2.72. The molecule has 0 saturated heterocycles. The molecule has 0 amide bonds. The topological polar surface area (TPSA) is 26.0 Å². The molecule has 1 aromatic rings. The Kier molecular flexibility index (Phi) is 3.97. The van der Waals surface area contributed by atoms with Crippen molar-refractivity contribution in [3.05, 3.63) is 34.9 Å². The number of nitrogens with two attached hydrogens (primary N) is 1. The Bertz CT molecular complexity index is 307. The van der Waals surface area contributed by atoms with Gasteiger partial charge in [0.2, 0.25) is 0 Å². The summed E-state index contributed by atoms with van der Waals surface area (Å²) >= 11 is 0. The van der Waals surface area contributed by atoms with Crippen LogP contribution in [0.2, 0.25) is 0 Å². The van der Waals surface area contributed by atoms with Gasteiger partial charge in [-0.05, 0) is 49.3 Å². The van der Waals surface area contributed by atoms with E-state index in [0.29, 0.717) is 0 Å². The zero-order valence-electron chi connectivity index (χ0n) is 8.62. The first kappa shape index (κ1) is 11.5. The Morgan fingerprint density at radius 2 is 2.00 bits per heavy atom. The molecule has 0 aliphatic heterocycles. The van der Waals surface area contributed by atoms with Crippen molar-refractivity contribution in [2.45, 2.75) is 38.6 Å². The number of fused-ring (bicyclic) bond motifs is 1. The molecule has 0 fully saturated rings. The van der Waals surface area contributed by atoms with Crippen molar-refractivity contribution in [1.29, 1.82) is 0 Å². The summed E-state index contributed by atoms with van der Waals surface area (Å²) in [5, 5.41) is 0. The second kappa shape index (κ2) is 4.81. The van der Waals surface area contributed by atoms with Crippen LogP contribution in [0.25, 0.3) is 0 Å². The zero-order chi connectivity index (χ0) is 9.26. The number of hydrogen-bond acceptors (Lipinski definition) is 1. The fraction of sp³-hybridized carbons (Fsp3) is 0.500. The molecule has 0 radical (unpaired) electrons. The summed E-state index contributed by atoms with van der Waals surface area (Å²) in [5.74, 6) is 0. The van der Waals surface area contributed by atoms with E-state index in [1.165, 1.54) is 24.8 Å². The van der Waals surface area contributed by atoms with Gasteiger partial charge in [-0.1, -0.05) is 18.2 Å². The van der Waals surface area contributed by atoms with Crippen LogP contribution in [-0.4, -0.2) is 6.04 Å². The summed E-state index contributed by atoms with van der Waals surface area (Å²) in [6, 6.07) is 7.12. The molecule has 0 bridgehead atoms. The van der Waals surface area contributed by atoms with Gasteiger partial charge in [-0.15, -0.1) is 12.4 Å². The molecule has 14 heavy (non-hydrogen) atoms. The van der Waals surface area contributed by atoms with Crippen molar-refractivity contribution < 1.29 is 0 Å². The lowest BCUT2D eigenvalue weighted by atomic mass is 10.0. The van der Waals surface area contributed by atoms with E-state index in [0.717, 1.165) is 6.42 Å². The first-order chi connectivity index (χ1) is 6.25. The molecule has 1 aliphatic carbocycles. The minimum Gasteiger partial charge on any atom is -0.328 e. The summed E-state index contributed by atoms with van der Waals surface area (Å²) in [6.07, 6.45) is 4.88. The van der Waals surface area contributed by atoms with Gasteiger partial charge in [-0.3, -0.25) is 0 Å². The minimum atomic E-state index is 0. The van der Waals surface area contributed by atoms with Crippen molar-refractivity contribution >= 4 is 12.4 Å². The van der Waals surface area contributed by atoms with Gasteiger partial charge in [0, 0.05) is 6.04 Å². The highest BCUT2D eigenvalue weighted by Crippen LogP contribution is 2.23. The fourth-order valence-electron chi connectivity index (χ4n) is 2.12. The predicted octanol–water partition coefficient (Wildman–Crippen LogP) is 2.49. The van der Waals surface area contributed by atoms with Crippen LogP contribution in [0.15, 0.2) is 18.2 Å². The second-order valence-electron chi connectivity index (χ2n) is 4.14. The molecule has 0 unspecified atom stereocenters. The summed E-state index contributed by atoms with van der Waals surface area (Å²) in [7, 11) is 0. The van der Waals surface area contributed by atoms with E-state index in [9.17, 15) is 0 Å². The lowest BCUT2D eigenvalue weighted by Gasteiger charge is -2.07. The van der Waals surface area contributed by atoms with E-state index in [1.807, 2.05) is 0 Å². The number of hydrogen-bond donors (Lipinski definition) is 1.